The van der Waals surface area contributed by atoms with Gasteiger partial charge in [0.2, 0.25) is 0 Å². The quantitative estimate of drug-likeness (QED) is 0.877. The fourth-order valence-corrected chi connectivity index (χ4v) is 4.01. The molecule has 0 saturated heterocycles. The maximum Gasteiger partial charge on any atom is 0.262 e. The average Bonchev–Trinajstić information content (AvgIpc) is 2.48. The van der Waals surface area contributed by atoms with Gasteiger partial charge in [-0.1, -0.05) is 12.1 Å². The van der Waals surface area contributed by atoms with Crippen LogP contribution in [0.4, 0.5) is 5.69 Å². The van der Waals surface area contributed by atoms with Gasteiger partial charge in [0, 0.05) is 0 Å². The smallest absolute Gasteiger partial charge is 0.262 e. The zero-order valence-electron chi connectivity index (χ0n) is 13.7. The lowest BCUT2D eigenvalue weighted by atomic mass is 10.1. The maximum absolute atomic E-state index is 12.8. The lowest BCUT2D eigenvalue weighted by Gasteiger charge is -2.16. The van der Waals surface area contributed by atoms with Gasteiger partial charge in [0.05, 0.1) is 24.3 Å². The predicted molar refractivity (Wildman–Crippen MR) is 90.9 cm³/mol. The summed E-state index contributed by atoms with van der Waals surface area (Å²) in [5, 5.41) is 0. The van der Waals surface area contributed by atoms with Gasteiger partial charge in [0.1, 0.15) is 11.5 Å². The van der Waals surface area contributed by atoms with Gasteiger partial charge in [-0.05, 0) is 56.2 Å². The minimum atomic E-state index is -3.73. The van der Waals surface area contributed by atoms with Crippen LogP contribution in [-0.4, -0.2) is 22.1 Å². The largest absolute Gasteiger partial charge is 0.497 e. The molecule has 0 saturated carbocycles. The minimum Gasteiger partial charge on any atom is -0.497 e. The van der Waals surface area contributed by atoms with Crippen molar-refractivity contribution in [3.05, 3.63) is 47.5 Å². The number of hydrogen-bond acceptors (Lipinski definition) is 4. The van der Waals surface area contributed by atoms with Gasteiger partial charge in [0.25, 0.3) is 10.0 Å². The summed E-state index contributed by atoms with van der Waals surface area (Å²) in [5.41, 5.74) is 1.68. The van der Waals surface area contributed by atoms with Crippen LogP contribution in [0.2, 0.25) is 0 Å². The zero-order chi connectivity index (χ0) is 17.0. The molecule has 2 aromatic carbocycles. The topological polar surface area (TPSA) is 64.6 Å². The van der Waals surface area contributed by atoms with E-state index in [9.17, 15) is 8.42 Å². The van der Waals surface area contributed by atoms with Crippen molar-refractivity contribution in [2.24, 2.45) is 0 Å². The van der Waals surface area contributed by atoms with Gasteiger partial charge in [-0.2, -0.15) is 0 Å². The van der Waals surface area contributed by atoms with E-state index in [0.717, 1.165) is 0 Å². The van der Waals surface area contributed by atoms with E-state index in [1.54, 1.807) is 57.4 Å². The highest BCUT2D eigenvalue weighted by molar-refractivity contribution is 7.92. The van der Waals surface area contributed by atoms with E-state index in [2.05, 4.69) is 4.72 Å². The van der Waals surface area contributed by atoms with Crippen molar-refractivity contribution in [3.8, 4) is 11.5 Å². The molecule has 0 bridgehead atoms. The third kappa shape index (κ3) is 3.76. The Morgan fingerprint density at radius 3 is 2.26 bits per heavy atom. The van der Waals surface area contributed by atoms with Crippen LogP contribution in [0, 0.1) is 13.8 Å². The van der Waals surface area contributed by atoms with Crippen molar-refractivity contribution >= 4 is 15.7 Å². The average molecular weight is 335 g/mol. The van der Waals surface area contributed by atoms with E-state index >= 15 is 0 Å². The molecule has 23 heavy (non-hydrogen) atoms. The minimum absolute atomic E-state index is 0.254. The Labute approximate surface area is 137 Å². The number of methoxy groups -OCH3 is 1. The van der Waals surface area contributed by atoms with Gasteiger partial charge < -0.3 is 9.47 Å². The second kappa shape index (κ2) is 6.91. The van der Waals surface area contributed by atoms with E-state index in [1.807, 2.05) is 6.92 Å². The molecule has 0 spiro atoms. The molecule has 124 valence electrons. The fraction of sp³-hybridized carbons (Fsp3) is 0.294. The number of benzene rings is 2. The second-order valence-electron chi connectivity index (χ2n) is 5.12. The summed E-state index contributed by atoms with van der Waals surface area (Å²) in [6.45, 7) is 5.81. The van der Waals surface area contributed by atoms with Gasteiger partial charge in [-0.3, -0.25) is 4.72 Å². The molecule has 6 heteroatoms. The summed E-state index contributed by atoms with van der Waals surface area (Å²) in [7, 11) is -2.17. The number of anilines is 1. The summed E-state index contributed by atoms with van der Waals surface area (Å²) in [6, 6.07) is 10.4. The molecule has 0 aromatic heterocycles. The normalized spacial score (nSPS) is 11.1. The first kappa shape index (κ1) is 17.1. The Balaban J connectivity index is 2.45. The van der Waals surface area contributed by atoms with Crippen molar-refractivity contribution in [2.45, 2.75) is 25.7 Å². The summed E-state index contributed by atoms with van der Waals surface area (Å²) < 4.78 is 38.8. The van der Waals surface area contributed by atoms with Crippen molar-refractivity contribution in [2.75, 3.05) is 18.4 Å². The highest BCUT2D eigenvalue weighted by atomic mass is 32.2. The van der Waals surface area contributed by atoms with E-state index in [-0.39, 0.29) is 4.90 Å². The molecule has 0 aliphatic heterocycles. The molecule has 0 unspecified atom stereocenters. The van der Waals surface area contributed by atoms with Gasteiger partial charge in [-0.25, -0.2) is 8.42 Å². The van der Waals surface area contributed by atoms with E-state index in [0.29, 0.717) is 34.9 Å². The molecule has 0 heterocycles. The molecule has 2 rings (SSSR count). The number of ether oxygens (including phenoxy) is 2. The predicted octanol–water partition coefficient (Wildman–Crippen LogP) is 3.51. The lowest BCUT2D eigenvalue weighted by Crippen LogP contribution is -2.16. The van der Waals surface area contributed by atoms with Crippen LogP contribution in [0.15, 0.2) is 41.3 Å². The molecule has 0 fully saturated rings. The Hall–Kier alpha value is -2.21. The highest BCUT2D eigenvalue weighted by Gasteiger charge is 2.22. The van der Waals surface area contributed by atoms with Gasteiger partial charge >= 0.3 is 0 Å². The molecule has 0 aliphatic carbocycles. The molecular formula is C17H21NO4S. The number of rotatable bonds is 6. The molecule has 0 atom stereocenters. The maximum atomic E-state index is 12.8. The van der Waals surface area contributed by atoms with Crippen molar-refractivity contribution in [1.82, 2.24) is 0 Å². The first-order valence-corrected chi connectivity index (χ1v) is 8.77. The Morgan fingerprint density at radius 2 is 1.70 bits per heavy atom. The SMILES string of the molecule is CCOc1ccccc1NS(=O)(=O)c1c(C)cc(OC)cc1C. The molecule has 0 aliphatic rings. The number of sulfonamides is 1. The molecular weight excluding hydrogens is 314 g/mol. The number of hydrogen-bond donors (Lipinski definition) is 1. The monoisotopic (exact) mass is 335 g/mol. The van der Waals surface area contributed by atoms with Gasteiger partial charge in [0.15, 0.2) is 0 Å². The summed E-state index contributed by atoms with van der Waals surface area (Å²) in [4.78, 5) is 0.254. The number of aryl methyl sites for hydroxylation is 2. The van der Waals surface area contributed by atoms with E-state index in [1.165, 1.54) is 0 Å². The van der Waals surface area contributed by atoms with Crippen LogP contribution in [0.25, 0.3) is 0 Å². The third-order valence-corrected chi connectivity index (χ3v) is 5.04. The highest BCUT2D eigenvalue weighted by Crippen LogP contribution is 2.30. The Kier molecular flexibility index (Phi) is 5.15. The third-order valence-electron chi connectivity index (χ3n) is 3.37. The molecule has 0 amide bonds. The Bertz CT molecular complexity index is 777. The second-order valence-corrected chi connectivity index (χ2v) is 6.74. The van der Waals surface area contributed by atoms with E-state index < -0.39 is 10.0 Å². The number of para-hydroxylation sites is 2. The first-order valence-electron chi connectivity index (χ1n) is 7.29. The van der Waals surface area contributed by atoms with Crippen molar-refractivity contribution in [1.29, 1.82) is 0 Å². The molecule has 5 nitrogen and oxygen atoms in total. The molecule has 1 N–H and O–H groups in total. The molecule has 2 aromatic rings. The standard InChI is InChI=1S/C17H21NO4S/c1-5-22-16-9-7-6-8-15(16)18-23(19,20)17-12(2)10-14(21-4)11-13(17)3/h6-11,18H,5H2,1-4H3. The summed E-state index contributed by atoms with van der Waals surface area (Å²) >= 11 is 0. The van der Waals surface area contributed by atoms with Crippen LogP contribution < -0.4 is 14.2 Å². The molecule has 0 radical (unpaired) electrons. The number of nitrogens with one attached hydrogen (secondary N) is 1. The lowest BCUT2D eigenvalue weighted by molar-refractivity contribution is 0.342. The van der Waals surface area contributed by atoms with Crippen molar-refractivity contribution in [3.63, 3.8) is 0 Å². The van der Waals surface area contributed by atoms with Gasteiger partial charge in [-0.15, -0.1) is 0 Å². The van der Waals surface area contributed by atoms with Crippen LogP contribution >= 0.6 is 0 Å². The van der Waals surface area contributed by atoms with Crippen LogP contribution in [0.3, 0.4) is 0 Å². The summed E-state index contributed by atoms with van der Waals surface area (Å²) in [5.74, 6) is 1.14. The van der Waals surface area contributed by atoms with Crippen LogP contribution in [0.1, 0.15) is 18.1 Å². The first-order chi connectivity index (χ1) is 10.9. The van der Waals surface area contributed by atoms with Crippen LogP contribution in [0.5, 0.6) is 11.5 Å². The fourth-order valence-electron chi connectivity index (χ4n) is 2.48. The Morgan fingerprint density at radius 1 is 1.09 bits per heavy atom. The van der Waals surface area contributed by atoms with E-state index in [4.69, 9.17) is 9.47 Å². The van der Waals surface area contributed by atoms with Crippen LogP contribution in [-0.2, 0) is 10.0 Å². The zero-order valence-corrected chi connectivity index (χ0v) is 14.5. The summed E-state index contributed by atoms with van der Waals surface area (Å²) in [6.07, 6.45) is 0. The van der Waals surface area contributed by atoms with Crippen molar-refractivity contribution < 1.29 is 17.9 Å².